The van der Waals surface area contributed by atoms with Crippen LogP contribution in [0.25, 0.3) is 0 Å². The van der Waals surface area contributed by atoms with Crippen molar-refractivity contribution in [3.8, 4) is 11.5 Å². The highest BCUT2D eigenvalue weighted by Crippen LogP contribution is 2.39. The number of anilines is 3. The molecule has 0 amide bonds. The number of ether oxygens (including phenoxy) is 2. The summed E-state index contributed by atoms with van der Waals surface area (Å²) >= 11 is 0. The standard InChI is InChI=1S/C11H15NO2.C9H17N3.C7H12N2O/c1-11(2,3)12-8-5-4-6-9-10(8)14-7-13-9;1-5-12-8(6-7-10-12)11-9(2,3)4;1-7(2,3)8-6-4-5-10-9-6/h4-6,12H,7H2,1-3H3;6-7,11H,5H2,1-4H3;4-5H,1-3H3,(H,8,9). The van der Waals surface area contributed by atoms with Crippen LogP contribution in [0.5, 0.6) is 11.5 Å². The highest BCUT2D eigenvalue weighted by Gasteiger charge is 2.20. The lowest BCUT2D eigenvalue weighted by Crippen LogP contribution is -2.27. The Hall–Kier alpha value is -3.36. The Balaban J connectivity index is 0.000000193. The van der Waals surface area contributed by atoms with Crippen LogP contribution in [-0.2, 0) is 6.54 Å². The molecule has 3 aromatic rings. The van der Waals surface area contributed by atoms with E-state index in [-0.39, 0.29) is 16.6 Å². The van der Waals surface area contributed by atoms with E-state index in [2.05, 4.69) is 100.0 Å². The molecule has 0 radical (unpaired) electrons. The van der Waals surface area contributed by atoms with Crippen LogP contribution in [0.2, 0.25) is 0 Å². The first-order valence-electron chi connectivity index (χ1n) is 12.3. The second-order valence-electron chi connectivity index (χ2n) is 11.6. The number of benzene rings is 1. The lowest BCUT2D eigenvalue weighted by Gasteiger charge is -2.22. The Labute approximate surface area is 215 Å². The molecule has 0 unspecified atom stereocenters. The zero-order chi connectivity index (χ0) is 27.0. The molecule has 3 N–H and O–H groups in total. The lowest BCUT2D eigenvalue weighted by molar-refractivity contribution is 0.174. The Morgan fingerprint density at radius 2 is 1.50 bits per heavy atom. The van der Waals surface area contributed by atoms with Crippen LogP contribution in [0.3, 0.4) is 0 Å². The predicted octanol–water partition coefficient (Wildman–Crippen LogP) is 6.62. The molecular formula is C27H44N6O3. The summed E-state index contributed by atoms with van der Waals surface area (Å²) in [6, 6.07) is 9.66. The number of aryl methyl sites for hydroxylation is 1. The van der Waals surface area contributed by atoms with Gasteiger partial charge in [0.05, 0.1) is 11.9 Å². The molecule has 0 aliphatic carbocycles. The largest absolute Gasteiger partial charge is 0.454 e. The molecule has 0 spiro atoms. The first-order chi connectivity index (χ1) is 16.7. The number of hydrogen-bond donors (Lipinski definition) is 3. The van der Waals surface area contributed by atoms with E-state index in [1.54, 1.807) is 12.3 Å². The fourth-order valence-corrected chi connectivity index (χ4v) is 3.17. The molecule has 1 aromatic carbocycles. The van der Waals surface area contributed by atoms with Gasteiger partial charge in [0.15, 0.2) is 17.3 Å². The molecule has 0 fully saturated rings. The second-order valence-corrected chi connectivity index (χ2v) is 11.6. The van der Waals surface area contributed by atoms with Gasteiger partial charge >= 0.3 is 0 Å². The number of para-hydroxylation sites is 1. The molecule has 9 heteroatoms. The molecule has 1 aliphatic rings. The monoisotopic (exact) mass is 500 g/mol. The molecular weight excluding hydrogens is 456 g/mol. The van der Waals surface area contributed by atoms with E-state index in [0.29, 0.717) is 6.79 Å². The van der Waals surface area contributed by atoms with E-state index in [1.807, 2.05) is 35.1 Å². The van der Waals surface area contributed by atoms with Crippen LogP contribution in [0.4, 0.5) is 17.3 Å². The summed E-state index contributed by atoms with van der Waals surface area (Å²) in [6.45, 7) is 22.3. The van der Waals surface area contributed by atoms with E-state index >= 15 is 0 Å². The minimum absolute atomic E-state index is 0.0288. The average Bonchev–Trinajstić information content (AvgIpc) is 3.47. The fraction of sp³-hybridized carbons (Fsp3) is 0.556. The van der Waals surface area contributed by atoms with Crippen LogP contribution >= 0.6 is 0 Å². The number of hydrogen-bond acceptors (Lipinski definition) is 8. The van der Waals surface area contributed by atoms with Crippen LogP contribution in [0.15, 0.2) is 47.3 Å². The van der Waals surface area contributed by atoms with Gasteiger partial charge in [0, 0.05) is 35.3 Å². The van der Waals surface area contributed by atoms with Gasteiger partial charge in [-0.2, -0.15) is 5.10 Å². The maximum Gasteiger partial charge on any atom is 0.231 e. The zero-order valence-electron chi connectivity index (χ0n) is 23.5. The van der Waals surface area contributed by atoms with Crippen LogP contribution in [0.1, 0.15) is 69.2 Å². The van der Waals surface area contributed by atoms with Gasteiger partial charge < -0.3 is 29.9 Å². The van der Waals surface area contributed by atoms with Crippen molar-refractivity contribution in [2.45, 2.75) is 92.4 Å². The van der Waals surface area contributed by atoms with Gasteiger partial charge in [-0.1, -0.05) is 11.2 Å². The smallest absolute Gasteiger partial charge is 0.231 e. The van der Waals surface area contributed by atoms with Crippen molar-refractivity contribution < 1.29 is 14.0 Å². The van der Waals surface area contributed by atoms with E-state index in [0.717, 1.165) is 35.4 Å². The number of fused-ring (bicyclic) bond motifs is 1. The first kappa shape index (κ1) is 28.9. The molecule has 0 atom stereocenters. The summed E-state index contributed by atoms with van der Waals surface area (Å²) in [7, 11) is 0. The van der Waals surface area contributed by atoms with Crippen molar-refractivity contribution in [1.82, 2.24) is 14.9 Å². The Morgan fingerprint density at radius 1 is 0.833 bits per heavy atom. The van der Waals surface area contributed by atoms with Gasteiger partial charge in [0.1, 0.15) is 12.1 Å². The normalized spacial score (nSPS) is 12.6. The molecule has 3 heterocycles. The minimum atomic E-state index is 0.0288. The number of rotatable bonds is 4. The molecule has 0 saturated carbocycles. The number of nitrogens with one attached hydrogen (secondary N) is 3. The third-order valence-electron chi connectivity index (χ3n) is 4.37. The van der Waals surface area contributed by atoms with E-state index in [4.69, 9.17) is 9.47 Å². The van der Waals surface area contributed by atoms with Crippen LogP contribution in [0, 0.1) is 0 Å². The molecule has 200 valence electrons. The van der Waals surface area contributed by atoms with Crippen molar-refractivity contribution in [1.29, 1.82) is 0 Å². The molecule has 0 bridgehead atoms. The third-order valence-corrected chi connectivity index (χ3v) is 4.37. The van der Waals surface area contributed by atoms with Crippen molar-refractivity contribution in [3.05, 3.63) is 42.8 Å². The summed E-state index contributed by atoms with van der Waals surface area (Å²) in [5.74, 6) is 3.51. The Morgan fingerprint density at radius 3 is 2.06 bits per heavy atom. The average molecular weight is 501 g/mol. The summed E-state index contributed by atoms with van der Waals surface area (Å²) in [5.41, 5.74) is 1.18. The summed E-state index contributed by atoms with van der Waals surface area (Å²) in [4.78, 5) is 0. The SMILES string of the molecule is CC(C)(C)Nc1cccc2c1OCO2.CC(C)(C)Nc1ccon1.CCn1nccc1NC(C)(C)C. The highest BCUT2D eigenvalue weighted by atomic mass is 16.7. The minimum Gasteiger partial charge on any atom is -0.454 e. The summed E-state index contributed by atoms with van der Waals surface area (Å²) < 4.78 is 17.3. The number of nitrogens with zero attached hydrogens (tertiary/aromatic N) is 3. The number of aromatic nitrogens is 3. The molecule has 1 aliphatic heterocycles. The zero-order valence-corrected chi connectivity index (χ0v) is 23.5. The van der Waals surface area contributed by atoms with E-state index in [9.17, 15) is 0 Å². The van der Waals surface area contributed by atoms with Crippen LogP contribution in [-0.4, -0.2) is 38.3 Å². The highest BCUT2D eigenvalue weighted by molar-refractivity contribution is 5.64. The molecule has 0 saturated heterocycles. The molecule has 9 nitrogen and oxygen atoms in total. The first-order valence-corrected chi connectivity index (χ1v) is 12.3. The summed E-state index contributed by atoms with van der Waals surface area (Å²) in [5, 5.41) is 17.8. The van der Waals surface area contributed by atoms with Gasteiger partial charge in [-0.3, -0.25) is 4.68 Å². The second kappa shape index (κ2) is 12.1. The molecule has 4 rings (SSSR count). The fourth-order valence-electron chi connectivity index (χ4n) is 3.17. The molecule has 2 aromatic heterocycles. The van der Waals surface area contributed by atoms with Crippen molar-refractivity contribution in [2.24, 2.45) is 0 Å². The maximum atomic E-state index is 5.39. The van der Waals surface area contributed by atoms with E-state index in [1.165, 1.54) is 0 Å². The van der Waals surface area contributed by atoms with Crippen molar-refractivity contribution in [3.63, 3.8) is 0 Å². The van der Waals surface area contributed by atoms with E-state index < -0.39 is 0 Å². The van der Waals surface area contributed by atoms with Gasteiger partial charge in [0.2, 0.25) is 6.79 Å². The maximum absolute atomic E-state index is 5.39. The third kappa shape index (κ3) is 10.5. The quantitative estimate of drug-likeness (QED) is 0.367. The Kier molecular flexibility index (Phi) is 9.67. The van der Waals surface area contributed by atoms with Crippen LogP contribution < -0.4 is 25.4 Å². The topological polar surface area (TPSA) is 98.4 Å². The van der Waals surface area contributed by atoms with Gasteiger partial charge in [0.25, 0.3) is 0 Å². The van der Waals surface area contributed by atoms with Gasteiger partial charge in [-0.25, -0.2) is 0 Å². The predicted molar refractivity (Wildman–Crippen MR) is 147 cm³/mol. The van der Waals surface area contributed by atoms with Crippen molar-refractivity contribution >= 4 is 17.3 Å². The Bertz CT molecular complexity index is 1040. The van der Waals surface area contributed by atoms with Gasteiger partial charge in [-0.05, 0) is 81.4 Å². The summed E-state index contributed by atoms with van der Waals surface area (Å²) in [6.07, 6.45) is 3.37. The van der Waals surface area contributed by atoms with Gasteiger partial charge in [-0.15, -0.1) is 0 Å². The van der Waals surface area contributed by atoms with Crippen molar-refractivity contribution in [2.75, 3.05) is 22.7 Å². The molecule has 36 heavy (non-hydrogen) atoms. The lowest BCUT2D eigenvalue weighted by atomic mass is 10.1.